The standard InChI is InChI=1S/C12H13ClN6/c1-2-19-6-4-8(18-19)7-15-11-9-3-5-14-10(9)16-12(13)17-11/h3-6H,2,7H2,1H3,(H2,14,15,16,17). The highest BCUT2D eigenvalue weighted by Gasteiger charge is 2.07. The molecule has 0 amide bonds. The molecule has 19 heavy (non-hydrogen) atoms. The van der Waals surface area contributed by atoms with E-state index in [9.17, 15) is 0 Å². The van der Waals surface area contributed by atoms with E-state index in [2.05, 4.69) is 32.3 Å². The van der Waals surface area contributed by atoms with Gasteiger partial charge in [0.25, 0.3) is 0 Å². The number of halogens is 1. The summed E-state index contributed by atoms with van der Waals surface area (Å²) in [5.74, 6) is 0.710. The van der Waals surface area contributed by atoms with Crippen LogP contribution in [0.2, 0.25) is 5.28 Å². The summed E-state index contributed by atoms with van der Waals surface area (Å²) in [6, 6.07) is 3.90. The average Bonchev–Trinajstić information content (AvgIpc) is 3.03. The van der Waals surface area contributed by atoms with Gasteiger partial charge in [0.05, 0.1) is 17.6 Å². The van der Waals surface area contributed by atoms with Crippen LogP contribution in [0.4, 0.5) is 5.82 Å². The van der Waals surface area contributed by atoms with E-state index in [1.54, 1.807) is 0 Å². The molecule has 0 aliphatic heterocycles. The van der Waals surface area contributed by atoms with Crippen molar-refractivity contribution < 1.29 is 0 Å². The molecule has 0 aromatic carbocycles. The van der Waals surface area contributed by atoms with Crippen molar-refractivity contribution in [1.82, 2.24) is 24.7 Å². The van der Waals surface area contributed by atoms with Crippen molar-refractivity contribution in [3.63, 3.8) is 0 Å². The average molecular weight is 277 g/mol. The molecule has 2 N–H and O–H groups in total. The Morgan fingerprint density at radius 1 is 1.37 bits per heavy atom. The molecule has 98 valence electrons. The normalized spacial score (nSPS) is 11.1. The number of fused-ring (bicyclic) bond motifs is 1. The van der Waals surface area contributed by atoms with Crippen molar-refractivity contribution in [1.29, 1.82) is 0 Å². The maximum atomic E-state index is 5.89. The fourth-order valence-corrected chi connectivity index (χ4v) is 2.07. The summed E-state index contributed by atoms with van der Waals surface area (Å²) < 4.78 is 1.88. The van der Waals surface area contributed by atoms with E-state index < -0.39 is 0 Å². The highest BCUT2D eigenvalue weighted by Crippen LogP contribution is 2.21. The van der Waals surface area contributed by atoms with E-state index in [1.165, 1.54) is 0 Å². The lowest BCUT2D eigenvalue weighted by Crippen LogP contribution is -2.04. The van der Waals surface area contributed by atoms with Gasteiger partial charge in [-0.25, -0.2) is 4.98 Å². The summed E-state index contributed by atoms with van der Waals surface area (Å²) in [6.45, 7) is 3.51. The van der Waals surface area contributed by atoms with Gasteiger partial charge in [0.1, 0.15) is 11.5 Å². The largest absolute Gasteiger partial charge is 0.364 e. The van der Waals surface area contributed by atoms with Crippen LogP contribution in [-0.4, -0.2) is 24.7 Å². The van der Waals surface area contributed by atoms with E-state index in [4.69, 9.17) is 11.6 Å². The lowest BCUT2D eigenvalue weighted by atomic mass is 10.3. The van der Waals surface area contributed by atoms with Crippen LogP contribution in [0.3, 0.4) is 0 Å². The van der Waals surface area contributed by atoms with Gasteiger partial charge < -0.3 is 10.3 Å². The predicted octanol–water partition coefficient (Wildman–Crippen LogP) is 2.44. The topological polar surface area (TPSA) is 71.4 Å². The molecule has 0 bridgehead atoms. The van der Waals surface area contributed by atoms with Crippen molar-refractivity contribution in [2.45, 2.75) is 20.0 Å². The highest BCUT2D eigenvalue weighted by molar-refractivity contribution is 6.28. The van der Waals surface area contributed by atoms with Crippen LogP contribution in [0.5, 0.6) is 0 Å². The molecule has 0 radical (unpaired) electrons. The molecule has 0 unspecified atom stereocenters. The Bertz CT molecular complexity index is 701. The van der Waals surface area contributed by atoms with Gasteiger partial charge in [-0.3, -0.25) is 4.68 Å². The molecule has 0 saturated heterocycles. The minimum atomic E-state index is 0.219. The zero-order valence-electron chi connectivity index (χ0n) is 10.4. The van der Waals surface area contributed by atoms with Gasteiger partial charge in [-0.2, -0.15) is 10.1 Å². The number of aryl methyl sites for hydroxylation is 1. The molecule has 0 aliphatic rings. The van der Waals surface area contributed by atoms with Gasteiger partial charge in [0.15, 0.2) is 0 Å². The van der Waals surface area contributed by atoms with Crippen LogP contribution in [0.1, 0.15) is 12.6 Å². The van der Waals surface area contributed by atoms with Gasteiger partial charge in [-0.1, -0.05) is 0 Å². The summed E-state index contributed by atoms with van der Waals surface area (Å²) >= 11 is 5.89. The molecule has 0 aliphatic carbocycles. The second kappa shape index (κ2) is 4.89. The van der Waals surface area contributed by atoms with Crippen LogP contribution in [0.15, 0.2) is 24.5 Å². The molecule has 3 aromatic heterocycles. The Balaban J connectivity index is 1.83. The Morgan fingerprint density at radius 2 is 2.26 bits per heavy atom. The number of nitrogens with zero attached hydrogens (tertiary/aromatic N) is 4. The summed E-state index contributed by atoms with van der Waals surface area (Å²) in [7, 11) is 0. The lowest BCUT2D eigenvalue weighted by Gasteiger charge is -2.05. The number of hydrogen-bond acceptors (Lipinski definition) is 4. The zero-order chi connectivity index (χ0) is 13.2. The SMILES string of the molecule is CCn1ccc(CNc2nc(Cl)nc3[nH]ccc23)n1. The number of aromatic amines is 1. The second-order valence-electron chi connectivity index (χ2n) is 4.10. The van der Waals surface area contributed by atoms with Crippen LogP contribution >= 0.6 is 11.6 Å². The fourth-order valence-electron chi connectivity index (χ4n) is 1.90. The van der Waals surface area contributed by atoms with Crippen LogP contribution in [-0.2, 0) is 13.1 Å². The number of rotatable bonds is 4. The molecular weight excluding hydrogens is 264 g/mol. The first kappa shape index (κ1) is 12.0. The molecule has 0 spiro atoms. The van der Waals surface area contributed by atoms with E-state index in [0.717, 1.165) is 23.3 Å². The molecular formula is C12H13ClN6. The molecule has 0 atom stereocenters. The maximum Gasteiger partial charge on any atom is 0.226 e. The molecule has 3 aromatic rings. The van der Waals surface area contributed by atoms with E-state index in [0.29, 0.717) is 12.4 Å². The minimum absolute atomic E-state index is 0.219. The third-order valence-electron chi connectivity index (χ3n) is 2.85. The molecule has 6 nitrogen and oxygen atoms in total. The zero-order valence-corrected chi connectivity index (χ0v) is 11.1. The Hall–Kier alpha value is -2.08. The molecule has 0 saturated carbocycles. The monoisotopic (exact) mass is 276 g/mol. The Labute approximate surface area is 114 Å². The van der Waals surface area contributed by atoms with Crippen molar-refractivity contribution in [2.24, 2.45) is 0 Å². The number of nitrogens with one attached hydrogen (secondary N) is 2. The van der Waals surface area contributed by atoms with Gasteiger partial charge in [-0.15, -0.1) is 0 Å². The second-order valence-corrected chi connectivity index (χ2v) is 4.44. The third kappa shape index (κ3) is 2.39. The summed E-state index contributed by atoms with van der Waals surface area (Å²) in [6.07, 6.45) is 3.77. The van der Waals surface area contributed by atoms with Crippen molar-refractivity contribution in [2.75, 3.05) is 5.32 Å². The van der Waals surface area contributed by atoms with Crippen LogP contribution in [0.25, 0.3) is 11.0 Å². The smallest absolute Gasteiger partial charge is 0.226 e. The lowest BCUT2D eigenvalue weighted by molar-refractivity contribution is 0.649. The molecule has 3 rings (SSSR count). The highest BCUT2D eigenvalue weighted by atomic mass is 35.5. The first-order chi connectivity index (χ1) is 9.26. The molecule has 0 fully saturated rings. The van der Waals surface area contributed by atoms with Gasteiger partial charge in [-0.05, 0) is 30.7 Å². The maximum absolute atomic E-state index is 5.89. The van der Waals surface area contributed by atoms with Crippen LogP contribution in [0, 0.1) is 0 Å². The van der Waals surface area contributed by atoms with E-state index >= 15 is 0 Å². The number of aromatic nitrogens is 5. The van der Waals surface area contributed by atoms with Gasteiger partial charge >= 0.3 is 0 Å². The van der Waals surface area contributed by atoms with Crippen LogP contribution < -0.4 is 5.32 Å². The van der Waals surface area contributed by atoms with Gasteiger partial charge in [0, 0.05) is 18.9 Å². The summed E-state index contributed by atoms with van der Waals surface area (Å²) in [4.78, 5) is 11.3. The Kier molecular flexibility index (Phi) is 3.08. The first-order valence-corrected chi connectivity index (χ1v) is 6.41. The number of anilines is 1. The van der Waals surface area contributed by atoms with Crippen molar-refractivity contribution >= 4 is 28.5 Å². The quantitative estimate of drug-likeness (QED) is 0.718. The summed E-state index contributed by atoms with van der Waals surface area (Å²) in [5.41, 5.74) is 1.68. The Morgan fingerprint density at radius 3 is 3.05 bits per heavy atom. The fraction of sp³-hybridized carbons (Fsp3) is 0.250. The number of hydrogen-bond donors (Lipinski definition) is 2. The summed E-state index contributed by atoms with van der Waals surface area (Å²) in [5, 5.41) is 8.78. The predicted molar refractivity (Wildman–Crippen MR) is 74.1 cm³/mol. The molecule has 7 heteroatoms. The van der Waals surface area contributed by atoms with E-state index in [1.807, 2.05) is 29.2 Å². The van der Waals surface area contributed by atoms with Gasteiger partial charge in [0.2, 0.25) is 5.28 Å². The third-order valence-corrected chi connectivity index (χ3v) is 3.01. The van der Waals surface area contributed by atoms with E-state index in [-0.39, 0.29) is 5.28 Å². The van der Waals surface area contributed by atoms with Crippen molar-refractivity contribution in [3.8, 4) is 0 Å². The number of H-pyrrole nitrogens is 1. The minimum Gasteiger partial charge on any atom is -0.364 e. The first-order valence-electron chi connectivity index (χ1n) is 6.03. The molecule has 3 heterocycles. The van der Waals surface area contributed by atoms with Crippen molar-refractivity contribution in [3.05, 3.63) is 35.5 Å².